The lowest BCUT2D eigenvalue weighted by atomic mass is 10.1. The topological polar surface area (TPSA) is 0 Å². The smallest absolute Gasteiger partial charge is 0.0449 e. The Morgan fingerprint density at radius 1 is 1.05 bits per heavy atom. The molecular weight excluding hydrogens is 384 g/mol. The molecule has 0 aliphatic heterocycles. The summed E-state index contributed by atoms with van der Waals surface area (Å²) in [6, 6.07) is 14.3. The van der Waals surface area contributed by atoms with E-state index in [1.165, 1.54) is 5.56 Å². The van der Waals surface area contributed by atoms with Gasteiger partial charge in [0.05, 0.1) is 0 Å². The van der Waals surface area contributed by atoms with Crippen LogP contribution in [0, 0.1) is 6.92 Å². The first kappa shape index (κ1) is 14.6. The maximum Gasteiger partial charge on any atom is 0.0449 e. The van der Waals surface area contributed by atoms with Crippen molar-refractivity contribution in [1.82, 2.24) is 0 Å². The number of rotatable bonds is 3. The van der Waals surface area contributed by atoms with Crippen LogP contribution in [0.2, 0.25) is 0 Å². The Morgan fingerprint density at radius 3 is 2.37 bits per heavy atom. The molecule has 0 aromatic heterocycles. The van der Waals surface area contributed by atoms with E-state index in [9.17, 15) is 0 Å². The van der Waals surface area contributed by atoms with Crippen LogP contribution in [0.1, 0.15) is 16.7 Å². The maximum absolute atomic E-state index is 5.42. The van der Waals surface area contributed by atoms with E-state index in [4.69, 9.17) is 12.2 Å². The Kier molecular flexibility index (Phi) is 5.08. The van der Waals surface area contributed by atoms with Crippen molar-refractivity contribution in [2.24, 2.45) is 0 Å². The summed E-state index contributed by atoms with van der Waals surface area (Å²) in [7, 11) is 0. The van der Waals surface area contributed by atoms with Crippen LogP contribution >= 0.6 is 44.1 Å². The van der Waals surface area contributed by atoms with Crippen LogP contribution in [0.5, 0.6) is 0 Å². The van der Waals surface area contributed by atoms with Gasteiger partial charge in [-0.1, -0.05) is 86.0 Å². The van der Waals surface area contributed by atoms with Crippen molar-refractivity contribution in [2.45, 2.75) is 6.92 Å². The molecule has 2 rings (SSSR count). The molecule has 0 nitrogen and oxygen atoms in total. The van der Waals surface area contributed by atoms with Gasteiger partial charge < -0.3 is 0 Å². The molecular formula is C16H12Br2S. The van der Waals surface area contributed by atoms with Gasteiger partial charge in [-0.15, -0.1) is 0 Å². The Balaban J connectivity index is 2.18. The number of halogens is 2. The van der Waals surface area contributed by atoms with Crippen molar-refractivity contribution >= 4 is 55.0 Å². The standard InChI is InChI=1S/C16H12Br2S/c1-11-2-4-13(5-3-11)16(19)9-7-12-6-8-14(17)10-15(12)18/h2-10H,1H3. The predicted molar refractivity (Wildman–Crippen MR) is 93.8 cm³/mol. The molecule has 0 radical (unpaired) electrons. The molecule has 0 spiro atoms. The molecule has 96 valence electrons. The van der Waals surface area contributed by atoms with Gasteiger partial charge in [-0.25, -0.2) is 0 Å². The molecule has 0 unspecified atom stereocenters. The van der Waals surface area contributed by atoms with Crippen LogP contribution in [0.15, 0.2) is 57.5 Å². The molecule has 2 aromatic carbocycles. The van der Waals surface area contributed by atoms with E-state index in [0.29, 0.717) is 0 Å². The van der Waals surface area contributed by atoms with Gasteiger partial charge >= 0.3 is 0 Å². The quantitative estimate of drug-likeness (QED) is 0.351. The normalized spacial score (nSPS) is 10.9. The Hall–Kier alpha value is -0.770. The molecule has 0 aliphatic rings. The zero-order chi connectivity index (χ0) is 13.8. The minimum Gasteiger partial charge on any atom is -0.0795 e. The Labute approximate surface area is 135 Å². The van der Waals surface area contributed by atoms with Crippen molar-refractivity contribution in [2.75, 3.05) is 0 Å². The molecule has 0 heterocycles. The molecule has 0 N–H and O–H groups in total. The summed E-state index contributed by atoms with van der Waals surface area (Å²) in [5.41, 5.74) is 3.42. The second-order valence-electron chi connectivity index (χ2n) is 4.23. The number of benzene rings is 2. The fourth-order valence-electron chi connectivity index (χ4n) is 1.62. The average molecular weight is 396 g/mol. The second-order valence-corrected chi connectivity index (χ2v) is 6.44. The maximum atomic E-state index is 5.42. The number of allylic oxidation sites excluding steroid dienone is 1. The van der Waals surface area contributed by atoms with Crippen LogP contribution in [-0.4, -0.2) is 4.86 Å². The first-order valence-electron chi connectivity index (χ1n) is 5.80. The van der Waals surface area contributed by atoms with E-state index in [0.717, 1.165) is 24.9 Å². The van der Waals surface area contributed by atoms with Gasteiger partial charge in [0.2, 0.25) is 0 Å². The van der Waals surface area contributed by atoms with Crippen LogP contribution in [0.4, 0.5) is 0 Å². The van der Waals surface area contributed by atoms with Gasteiger partial charge in [-0.05, 0) is 36.3 Å². The number of hydrogen-bond donors (Lipinski definition) is 0. The van der Waals surface area contributed by atoms with Gasteiger partial charge in [-0.2, -0.15) is 0 Å². The zero-order valence-corrected chi connectivity index (χ0v) is 14.3. The second kappa shape index (κ2) is 6.60. The van der Waals surface area contributed by atoms with E-state index in [2.05, 4.69) is 63.0 Å². The van der Waals surface area contributed by atoms with Gasteiger partial charge in [0.15, 0.2) is 0 Å². The molecule has 0 amide bonds. The SMILES string of the molecule is Cc1ccc(C(=S)C=Cc2ccc(Br)cc2Br)cc1. The summed E-state index contributed by atoms with van der Waals surface area (Å²) in [5, 5.41) is 0. The van der Waals surface area contributed by atoms with E-state index >= 15 is 0 Å². The summed E-state index contributed by atoms with van der Waals surface area (Å²) in [6.45, 7) is 2.07. The van der Waals surface area contributed by atoms with E-state index < -0.39 is 0 Å². The van der Waals surface area contributed by atoms with Gasteiger partial charge in [0, 0.05) is 13.8 Å². The highest BCUT2D eigenvalue weighted by molar-refractivity contribution is 9.11. The molecule has 0 bridgehead atoms. The van der Waals surface area contributed by atoms with E-state index in [-0.39, 0.29) is 0 Å². The zero-order valence-electron chi connectivity index (χ0n) is 10.4. The summed E-state index contributed by atoms with van der Waals surface area (Å²) in [4.78, 5) is 0.842. The number of aryl methyl sites for hydroxylation is 1. The summed E-state index contributed by atoms with van der Waals surface area (Å²) in [5.74, 6) is 0. The molecule has 3 heteroatoms. The van der Waals surface area contributed by atoms with Gasteiger partial charge in [0.1, 0.15) is 0 Å². The van der Waals surface area contributed by atoms with Crippen LogP contribution in [0.3, 0.4) is 0 Å². The average Bonchev–Trinajstić information content (AvgIpc) is 2.38. The Bertz CT molecular complexity index is 628. The third-order valence-corrected chi connectivity index (χ3v) is 4.26. The third-order valence-electron chi connectivity index (χ3n) is 2.71. The largest absolute Gasteiger partial charge is 0.0795 e. The Morgan fingerprint density at radius 2 is 1.74 bits per heavy atom. The van der Waals surface area contributed by atoms with Crippen molar-refractivity contribution < 1.29 is 0 Å². The fourth-order valence-corrected chi connectivity index (χ4v) is 3.00. The van der Waals surface area contributed by atoms with Crippen LogP contribution in [0.25, 0.3) is 6.08 Å². The van der Waals surface area contributed by atoms with Crippen molar-refractivity contribution in [3.8, 4) is 0 Å². The van der Waals surface area contributed by atoms with Crippen LogP contribution < -0.4 is 0 Å². The third kappa shape index (κ3) is 4.10. The molecule has 0 atom stereocenters. The highest BCUT2D eigenvalue weighted by atomic mass is 79.9. The summed E-state index contributed by atoms with van der Waals surface area (Å²) >= 11 is 12.4. The van der Waals surface area contributed by atoms with Crippen LogP contribution in [-0.2, 0) is 0 Å². The van der Waals surface area contributed by atoms with Crippen molar-refractivity contribution in [1.29, 1.82) is 0 Å². The predicted octanol–water partition coefficient (Wildman–Crippen LogP) is 5.95. The minimum atomic E-state index is 0.842. The van der Waals surface area contributed by atoms with Gasteiger partial charge in [0.25, 0.3) is 0 Å². The molecule has 0 fully saturated rings. The first-order valence-corrected chi connectivity index (χ1v) is 7.80. The van der Waals surface area contributed by atoms with Crippen molar-refractivity contribution in [3.05, 3.63) is 74.2 Å². The van der Waals surface area contributed by atoms with E-state index in [1.807, 2.05) is 30.4 Å². The molecule has 0 saturated heterocycles. The number of thiocarbonyl (C=S) groups is 1. The van der Waals surface area contributed by atoms with Crippen molar-refractivity contribution in [3.63, 3.8) is 0 Å². The molecule has 19 heavy (non-hydrogen) atoms. The summed E-state index contributed by atoms with van der Waals surface area (Å²) < 4.78 is 2.10. The number of hydrogen-bond acceptors (Lipinski definition) is 1. The fraction of sp³-hybridized carbons (Fsp3) is 0.0625. The lowest BCUT2D eigenvalue weighted by Crippen LogP contribution is -1.92. The lowest BCUT2D eigenvalue weighted by Gasteiger charge is -2.01. The van der Waals surface area contributed by atoms with E-state index in [1.54, 1.807) is 0 Å². The highest BCUT2D eigenvalue weighted by Gasteiger charge is 1.99. The summed E-state index contributed by atoms with van der Waals surface area (Å²) in [6.07, 6.45) is 3.99. The monoisotopic (exact) mass is 394 g/mol. The minimum absolute atomic E-state index is 0.842. The molecule has 0 aliphatic carbocycles. The highest BCUT2D eigenvalue weighted by Crippen LogP contribution is 2.23. The molecule has 0 saturated carbocycles. The van der Waals surface area contributed by atoms with Gasteiger partial charge in [-0.3, -0.25) is 0 Å². The lowest BCUT2D eigenvalue weighted by molar-refractivity contribution is 1.47. The first-order chi connectivity index (χ1) is 9.06. The molecule has 2 aromatic rings.